The Morgan fingerprint density at radius 2 is 2.10 bits per heavy atom. The van der Waals surface area contributed by atoms with E-state index in [0.717, 1.165) is 0 Å². The fourth-order valence-electron chi connectivity index (χ4n) is 1.64. The van der Waals surface area contributed by atoms with Crippen molar-refractivity contribution in [1.82, 2.24) is 5.32 Å². The summed E-state index contributed by atoms with van der Waals surface area (Å²) in [5.41, 5.74) is 6.33. The molecule has 20 heavy (non-hydrogen) atoms. The molecule has 0 saturated carbocycles. The monoisotopic (exact) mass is 292 g/mol. The van der Waals surface area contributed by atoms with Gasteiger partial charge in [0.1, 0.15) is 23.0 Å². The standard InChI is InChI=1S/C14H16N2O3S/c1-18-12-6-9-20-13(12)14(17)16-7-8-19-11-5-3-2-4-10(11)15/h2-6,9H,7-8,15H2,1H3,(H,16,17). The van der Waals surface area contributed by atoms with Crippen LogP contribution in [0.25, 0.3) is 0 Å². The molecule has 106 valence electrons. The first kappa shape index (κ1) is 14.2. The number of amides is 1. The van der Waals surface area contributed by atoms with Crippen LogP contribution in [-0.2, 0) is 0 Å². The maximum Gasteiger partial charge on any atom is 0.265 e. The number of methoxy groups -OCH3 is 1. The van der Waals surface area contributed by atoms with Gasteiger partial charge >= 0.3 is 0 Å². The molecule has 0 aliphatic rings. The first-order valence-electron chi connectivity index (χ1n) is 6.09. The van der Waals surface area contributed by atoms with Gasteiger partial charge in [-0.15, -0.1) is 11.3 Å². The molecule has 0 radical (unpaired) electrons. The summed E-state index contributed by atoms with van der Waals surface area (Å²) in [5, 5.41) is 4.59. The molecule has 0 unspecified atom stereocenters. The summed E-state index contributed by atoms with van der Waals surface area (Å²) in [6.07, 6.45) is 0. The van der Waals surface area contributed by atoms with E-state index in [4.69, 9.17) is 15.2 Å². The number of nitrogens with one attached hydrogen (secondary N) is 1. The van der Waals surface area contributed by atoms with Crippen LogP contribution in [0, 0.1) is 0 Å². The van der Waals surface area contributed by atoms with Gasteiger partial charge in [-0.3, -0.25) is 4.79 Å². The molecule has 0 fully saturated rings. The van der Waals surface area contributed by atoms with Gasteiger partial charge in [-0.2, -0.15) is 0 Å². The van der Waals surface area contributed by atoms with Crippen LogP contribution < -0.4 is 20.5 Å². The number of rotatable bonds is 6. The highest BCUT2D eigenvalue weighted by Crippen LogP contribution is 2.24. The highest BCUT2D eigenvalue weighted by atomic mass is 32.1. The van der Waals surface area contributed by atoms with Crippen molar-refractivity contribution in [2.24, 2.45) is 0 Å². The molecule has 0 aliphatic heterocycles. The van der Waals surface area contributed by atoms with Gasteiger partial charge < -0.3 is 20.5 Å². The van der Waals surface area contributed by atoms with E-state index in [1.54, 1.807) is 25.3 Å². The molecule has 0 saturated heterocycles. The first-order chi connectivity index (χ1) is 9.72. The molecule has 2 rings (SSSR count). The van der Waals surface area contributed by atoms with Gasteiger partial charge in [-0.1, -0.05) is 12.1 Å². The smallest absolute Gasteiger partial charge is 0.265 e. The molecule has 0 atom stereocenters. The maximum absolute atomic E-state index is 11.9. The largest absolute Gasteiger partial charge is 0.495 e. The highest BCUT2D eigenvalue weighted by Gasteiger charge is 2.13. The van der Waals surface area contributed by atoms with E-state index in [2.05, 4.69) is 5.32 Å². The number of anilines is 1. The van der Waals surface area contributed by atoms with Crippen LogP contribution in [-0.4, -0.2) is 26.2 Å². The second kappa shape index (κ2) is 6.81. The topological polar surface area (TPSA) is 73.6 Å². The van der Waals surface area contributed by atoms with Crippen LogP contribution in [0.5, 0.6) is 11.5 Å². The van der Waals surface area contributed by atoms with E-state index < -0.39 is 0 Å². The maximum atomic E-state index is 11.9. The summed E-state index contributed by atoms with van der Waals surface area (Å²) >= 11 is 1.34. The number of nitrogen functional groups attached to an aromatic ring is 1. The second-order valence-corrected chi connectivity index (χ2v) is 4.88. The van der Waals surface area contributed by atoms with Crippen molar-refractivity contribution in [3.8, 4) is 11.5 Å². The summed E-state index contributed by atoms with van der Waals surface area (Å²) in [6, 6.07) is 9.01. The minimum Gasteiger partial charge on any atom is -0.495 e. The van der Waals surface area contributed by atoms with Crippen molar-refractivity contribution >= 4 is 22.9 Å². The Hall–Kier alpha value is -2.21. The van der Waals surface area contributed by atoms with Crippen LogP contribution in [0.3, 0.4) is 0 Å². The van der Waals surface area contributed by atoms with Gasteiger partial charge in [0.25, 0.3) is 5.91 Å². The van der Waals surface area contributed by atoms with E-state index >= 15 is 0 Å². The average molecular weight is 292 g/mol. The number of thiophene rings is 1. The van der Waals surface area contributed by atoms with Gasteiger partial charge in [0.2, 0.25) is 0 Å². The summed E-state index contributed by atoms with van der Waals surface area (Å²) < 4.78 is 10.6. The van der Waals surface area contributed by atoms with Gasteiger partial charge in [-0.05, 0) is 23.6 Å². The predicted molar refractivity (Wildman–Crippen MR) is 79.6 cm³/mol. The summed E-state index contributed by atoms with van der Waals surface area (Å²) in [6.45, 7) is 0.752. The Morgan fingerprint density at radius 3 is 2.85 bits per heavy atom. The fraction of sp³-hybridized carbons (Fsp3) is 0.214. The molecule has 5 nitrogen and oxygen atoms in total. The summed E-state index contributed by atoms with van der Waals surface area (Å²) in [4.78, 5) is 12.5. The van der Waals surface area contributed by atoms with Crippen LogP contribution >= 0.6 is 11.3 Å². The third-order valence-electron chi connectivity index (χ3n) is 2.62. The number of benzene rings is 1. The molecule has 0 aliphatic carbocycles. The summed E-state index contributed by atoms with van der Waals surface area (Å²) in [7, 11) is 1.54. The zero-order valence-corrected chi connectivity index (χ0v) is 11.9. The van der Waals surface area contributed by atoms with Crippen LogP contribution in [0.15, 0.2) is 35.7 Å². The molecule has 1 amide bonds. The predicted octanol–water partition coefficient (Wildman–Crippen LogP) is 2.15. The number of carbonyl (C=O) groups excluding carboxylic acids is 1. The third kappa shape index (κ3) is 3.42. The highest BCUT2D eigenvalue weighted by molar-refractivity contribution is 7.12. The Labute approximate surface area is 121 Å². The number of hydrogen-bond acceptors (Lipinski definition) is 5. The Morgan fingerprint density at radius 1 is 1.30 bits per heavy atom. The van der Waals surface area contributed by atoms with E-state index in [1.807, 2.05) is 17.5 Å². The Bertz CT molecular complexity index is 583. The molecule has 1 aromatic heterocycles. The number of hydrogen-bond donors (Lipinski definition) is 2. The lowest BCUT2D eigenvalue weighted by Crippen LogP contribution is -2.27. The van der Waals surface area contributed by atoms with Gasteiger partial charge in [0, 0.05) is 0 Å². The zero-order chi connectivity index (χ0) is 14.4. The molecule has 1 heterocycles. The minimum atomic E-state index is -0.165. The van der Waals surface area contributed by atoms with E-state index in [9.17, 15) is 4.79 Å². The van der Waals surface area contributed by atoms with E-state index in [-0.39, 0.29) is 5.91 Å². The number of para-hydroxylation sites is 2. The van der Waals surface area contributed by atoms with Crippen molar-refractivity contribution in [2.75, 3.05) is 26.0 Å². The number of nitrogens with two attached hydrogens (primary N) is 1. The molecule has 0 bridgehead atoms. The molecule has 3 N–H and O–H groups in total. The average Bonchev–Trinajstić information content (AvgIpc) is 2.93. The molecular weight excluding hydrogens is 276 g/mol. The van der Waals surface area contributed by atoms with Crippen molar-refractivity contribution in [1.29, 1.82) is 0 Å². The third-order valence-corrected chi connectivity index (χ3v) is 3.51. The zero-order valence-electron chi connectivity index (χ0n) is 11.1. The fourth-order valence-corrected chi connectivity index (χ4v) is 2.42. The van der Waals surface area contributed by atoms with E-state index in [0.29, 0.717) is 35.2 Å². The summed E-state index contributed by atoms with van der Waals surface area (Å²) in [5.74, 6) is 1.04. The lowest BCUT2D eigenvalue weighted by Gasteiger charge is -2.09. The number of ether oxygens (including phenoxy) is 2. The van der Waals surface area contributed by atoms with Crippen molar-refractivity contribution in [2.45, 2.75) is 0 Å². The second-order valence-electron chi connectivity index (χ2n) is 3.96. The molecule has 6 heteroatoms. The molecule has 1 aromatic carbocycles. The molecule has 2 aromatic rings. The van der Waals surface area contributed by atoms with Crippen molar-refractivity contribution < 1.29 is 14.3 Å². The lowest BCUT2D eigenvalue weighted by molar-refractivity contribution is 0.0948. The first-order valence-corrected chi connectivity index (χ1v) is 6.97. The van der Waals surface area contributed by atoms with Gasteiger partial charge in [0.15, 0.2) is 0 Å². The van der Waals surface area contributed by atoms with Crippen molar-refractivity contribution in [3.05, 3.63) is 40.6 Å². The Kier molecular flexibility index (Phi) is 4.84. The quantitative estimate of drug-likeness (QED) is 0.632. The minimum absolute atomic E-state index is 0.165. The van der Waals surface area contributed by atoms with Crippen LogP contribution in [0.1, 0.15) is 9.67 Å². The Balaban J connectivity index is 1.79. The van der Waals surface area contributed by atoms with E-state index in [1.165, 1.54) is 11.3 Å². The van der Waals surface area contributed by atoms with Gasteiger partial charge in [0.05, 0.1) is 19.3 Å². The van der Waals surface area contributed by atoms with Crippen molar-refractivity contribution in [3.63, 3.8) is 0 Å². The molecule has 0 spiro atoms. The van der Waals surface area contributed by atoms with Gasteiger partial charge in [-0.25, -0.2) is 0 Å². The molecular formula is C14H16N2O3S. The van der Waals surface area contributed by atoms with Crippen LogP contribution in [0.4, 0.5) is 5.69 Å². The number of carbonyl (C=O) groups is 1. The van der Waals surface area contributed by atoms with Crippen LogP contribution in [0.2, 0.25) is 0 Å². The lowest BCUT2D eigenvalue weighted by atomic mass is 10.3. The normalized spacial score (nSPS) is 10.1. The SMILES string of the molecule is COc1ccsc1C(=O)NCCOc1ccccc1N.